The Balaban J connectivity index is 1.90. The van der Waals surface area contributed by atoms with Gasteiger partial charge in [0.05, 0.1) is 25.9 Å². The van der Waals surface area contributed by atoms with Gasteiger partial charge in [0, 0.05) is 6.42 Å². The molecule has 2 rings (SSSR count). The molecular weight excluding hydrogens is 272 g/mol. The number of hydrogen-bond donors (Lipinski definition) is 0. The smallest absolute Gasteiger partial charge is 0.337 e. The molecule has 0 saturated heterocycles. The maximum absolute atomic E-state index is 11.4. The molecule has 0 N–H and O–H groups in total. The molecule has 0 amide bonds. The summed E-state index contributed by atoms with van der Waals surface area (Å²) in [5.74, 6) is -0.0564. The van der Waals surface area contributed by atoms with Crippen molar-refractivity contribution in [3.8, 4) is 0 Å². The Bertz CT molecular complexity index is 544. The molecule has 1 aliphatic heterocycles. The van der Waals surface area contributed by atoms with Crippen molar-refractivity contribution in [3.63, 3.8) is 0 Å². The van der Waals surface area contributed by atoms with Crippen molar-refractivity contribution in [2.75, 3.05) is 14.2 Å². The number of hydrogen-bond acceptors (Lipinski definition) is 5. The van der Waals surface area contributed by atoms with Gasteiger partial charge in [0.15, 0.2) is 0 Å². The first kappa shape index (κ1) is 15.1. The Kier molecular flexibility index (Phi) is 4.98. The van der Waals surface area contributed by atoms with Crippen molar-refractivity contribution >= 4 is 11.9 Å². The molecule has 1 atom stereocenters. The highest BCUT2D eigenvalue weighted by Crippen LogP contribution is 2.20. The second-order valence-electron chi connectivity index (χ2n) is 4.80. The van der Waals surface area contributed by atoms with Crippen LogP contribution in [-0.2, 0) is 25.4 Å². The summed E-state index contributed by atoms with van der Waals surface area (Å²) in [5, 5.41) is 0. The highest BCUT2D eigenvalue weighted by molar-refractivity contribution is 5.89. The predicted molar refractivity (Wildman–Crippen MR) is 75.7 cm³/mol. The summed E-state index contributed by atoms with van der Waals surface area (Å²) in [6, 6.07) is 7.22. The van der Waals surface area contributed by atoms with Crippen LogP contribution in [-0.4, -0.2) is 32.3 Å². The SMILES string of the molecule is COC(=O)c1ccc(CC[C@H]2CC(OC)=CC(=O)O2)cc1. The average Bonchev–Trinajstić information content (AvgIpc) is 2.52. The molecule has 1 heterocycles. The molecule has 21 heavy (non-hydrogen) atoms. The van der Waals surface area contributed by atoms with E-state index in [1.807, 2.05) is 12.1 Å². The van der Waals surface area contributed by atoms with Gasteiger partial charge in [-0.25, -0.2) is 9.59 Å². The molecule has 1 aliphatic rings. The zero-order valence-electron chi connectivity index (χ0n) is 12.1. The molecule has 0 spiro atoms. The molecule has 1 aromatic carbocycles. The van der Waals surface area contributed by atoms with Gasteiger partial charge in [-0.15, -0.1) is 0 Å². The third-order valence-corrected chi connectivity index (χ3v) is 3.38. The Labute approximate surface area is 123 Å². The minimum atomic E-state index is -0.357. The Morgan fingerprint density at radius 1 is 1.29 bits per heavy atom. The van der Waals surface area contributed by atoms with Gasteiger partial charge in [-0.2, -0.15) is 0 Å². The van der Waals surface area contributed by atoms with Crippen LogP contribution >= 0.6 is 0 Å². The van der Waals surface area contributed by atoms with E-state index in [9.17, 15) is 9.59 Å². The molecule has 1 aromatic rings. The number of cyclic esters (lactones) is 1. The van der Waals surface area contributed by atoms with E-state index >= 15 is 0 Å². The maximum Gasteiger partial charge on any atom is 0.337 e. The monoisotopic (exact) mass is 290 g/mol. The van der Waals surface area contributed by atoms with Crippen LogP contribution in [0.25, 0.3) is 0 Å². The van der Waals surface area contributed by atoms with E-state index in [4.69, 9.17) is 9.47 Å². The summed E-state index contributed by atoms with van der Waals surface area (Å²) in [6.07, 6.45) is 3.28. The van der Waals surface area contributed by atoms with Crippen LogP contribution in [0, 0.1) is 0 Å². The molecule has 0 radical (unpaired) electrons. The van der Waals surface area contributed by atoms with Crippen molar-refractivity contribution in [1.29, 1.82) is 0 Å². The number of methoxy groups -OCH3 is 2. The number of ether oxygens (including phenoxy) is 3. The quantitative estimate of drug-likeness (QED) is 0.778. The fraction of sp³-hybridized carbons (Fsp3) is 0.375. The lowest BCUT2D eigenvalue weighted by molar-refractivity contribution is -0.145. The second-order valence-corrected chi connectivity index (χ2v) is 4.80. The third-order valence-electron chi connectivity index (χ3n) is 3.38. The number of carbonyl (C=O) groups is 2. The number of rotatable bonds is 5. The number of esters is 2. The third kappa shape index (κ3) is 4.08. The molecule has 0 aliphatic carbocycles. The topological polar surface area (TPSA) is 61.8 Å². The molecule has 0 fully saturated rings. The number of benzene rings is 1. The van der Waals surface area contributed by atoms with E-state index in [-0.39, 0.29) is 18.0 Å². The summed E-state index contributed by atoms with van der Waals surface area (Å²) < 4.78 is 15.0. The van der Waals surface area contributed by atoms with Crippen molar-refractivity contribution in [3.05, 3.63) is 47.2 Å². The van der Waals surface area contributed by atoms with E-state index in [2.05, 4.69) is 4.74 Å². The molecule has 0 bridgehead atoms. The normalized spacial score (nSPS) is 17.7. The van der Waals surface area contributed by atoms with Crippen molar-refractivity contribution in [1.82, 2.24) is 0 Å². The van der Waals surface area contributed by atoms with Gasteiger partial charge in [-0.05, 0) is 30.5 Å². The molecule has 0 saturated carbocycles. The van der Waals surface area contributed by atoms with E-state index < -0.39 is 0 Å². The number of carbonyl (C=O) groups excluding carboxylic acids is 2. The standard InChI is InChI=1S/C16H18O5/c1-19-14-9-13(21-15(17)10-14)8-5-11-3-6-12(7-4-11)16(18)20-2/h3-4,6-7,10,13H,5,8-9H2,1-2H3/t13-/m0/s1. The fourth-order valence-corrected chi connectivity index (χ4v) is 2.21. The van der Waals surface area contributed by atoms with E-state index in [1.165, 1.54) is 13.2 Å². The molecular formula is C16H18O5. The van der Waals surface area contributed by atoms with Gasteiger partial charge in [0.1, 0.15) is 11.9 Å². The maximum atomic E-state index is 11.4. The zero-order valence-corrected chi connectivity index (χ0v) is 12.1. The van der Waals surface area contributed by atoms with Crippen molar-refractivity contribution in [2.45, 2.75) is 25.4 Å². The molecule has 0 aromatic heterocycles. The summed E-state index contributed by atoms with van der Waals surface area (Å²) >= 11 is 0. The largest absolute Gasteiger partial charge is 0.501 e. The first-order chi connectivity index (χ1) is 10.1. The first-order valence-corrected chi connectivity index (χ1v) is 6.75. The minimum absolute atomic E-state index is 0.169. The van der Waals surface area contributed by atoms with Crippen LogP contribution in [0.5, 0.6) is 0 Å². The predicted octanol–water partition coefficient (Wildman–Crippen LogP) is 2.25. The molecule has 0 unspecified atom stereocenters. The molecule has 5 heteroatoms. The highest BCUT2D eigenvalue weighted by atomic mass is 16.5. The van der Waals surface area contributed by atoms with Crippen LogP contribution in [0.2, 0.25) is 0 Å². The average molecular weight is 290 g/mol. The van der Waals surface area contributed by atoms with Gasteiger partial charge in [0.2, 0.25) is 0 Å². The Morgan fingerprint density at radius 2 is 2.00 bits per heavy atom. The molecule has 5 nitrogen and oxygen atoms in total. The first-order valence-electron chi connectivity index (χ1n) is 6.75. The van der Waals surface area contributed by atoms with E-state index in [0.29, 0.717) is 24.2 Å². The Hall–Kier alpha value is -2.30. The van der Waals surface area contributed by atoms with Gasteiger partial charge >= 0.3 is 11.9 Å². The van der Waals surface area contributed by atoms with Gasteiger partial charge < -0.3 is 14.2 Å². The lowest BCUT2D eigenvalue weighted by Gasteiger charge is -2.22. The Morgan fingerprint density at radius 3 is 2.62 bits per heavy atom. The van der Waals surface area contributed by atoms with E-state index in [0.717, 1.165) is 12.0 Å². The highest BCUT2D eigenvalue weighted by Gasteiger charge is 2.22. The minimum Gasteiger partial charge on any atom is -0.501 e. The van der Waals surface area contributed by atoms with E-state index in [1.54, 1.807) is 19.2 Å². The van der Waals surface area contributed by atoms with Crippen molar-refractivity contribution in [2.24, 2.45) is 0 Å². The van der Waals surface area contributed by atoms with Gasteiger partial charge in [0.25, 0.3) is 0 Å². The summed E-state index contributed by atoms with van der Waals surface area (Å²) in [6.45, 7) is 0. The van der Waals surface area contributed by atoms with Crippen LogP contribution in [0.1, 0.15) is 28.8 Å². The lowest BCUT2D eigenvalue weighted by atomic mass is 10.0. The fourth-order valence-electron chi connectivity index (χ4n) is 2.21. The van der Waals surface area contributed by atoms with Gasteiger partial charge in [-0.1, -0.05) is 12.1 Å². The van der Waals surface area contributed by atoms with Crippen molar-refractivity contribution < 1.29 is 23.8 Å². The van der Waals surface area contributed by atoms with Crippen LogP contribution in [0.15, 0.2) is 36.1 Å². The zero-order chi connectivity index (χ0) is 15.2. The van der Waals surface area contributed by atoms with Crippen LogP contribution in [0.4, 0.5) is 0 Å². The van der Waals surface area contributed by atoms with Crippen LogP contribution < -0.4 is 0 Å². The summed E-state index contributed by atoms with van der Waals surface area (Å²) in [4.78, 5) is 22.7. The second kappa shape index (κ2) is 6.92. The summed E-state index contributed by atoms with van der Waals surface area (Å²) in [7, 11) is 2.90. The molecule has 112 valence electrons. The number of aryl methyl sites for hydroxylation is 1. The lowest BCUT2D eigenvalue weighted by Crippen LogP contribution is -2.23. The van der Waals surface area contributed by atoms with Gasteiger partial charge in [-0.3, -0.25) is 0 Å². The summed E-state index contributed by atoms with van der Waals surface area (Å²) in [5.41, 5.74) is 1.60. The van der Waals surface area contributed by atoms with Crippen LogP contribution in [0.3, 0.4) is 0 Å².